The van der Waals surface area contributed by atoms with Crippen LogP contribution >= 0.6 is 0 Å². The molecule has 3 aliphatic rings. The zero-order valence-corrected chi connectivity index (χ0v) is 23.2. The number of H-pyrrole nitrogens is 1. The number of aromatic nitrogens is 5. The molecule has 0 spiro atoms. The van der Waals surface area contributed by atoms with Crippen LogP contribution < -0.4 is 10.5 Å². The smallest absolute Gasteiger partial charge is 0.295 e. The number of ketones is 1. The maximum atomic E-state index is 13.7. The minimum atomic E-state index is -0.642. The van der Waals surface area contributed by atoms with Crippen LogP contribution in [0.25, 0.3) is 16.7 Å². The molecular weight excluding hydrogens is 512 g/mol. The van der Waals surface area contributed by atoms with Gasteiger partial charge in [-0.3, -0.25) is 14.4 Å². The highest BCUT2D eigenvalue weighted by Crippen LogP contribution is 2.51. The molecule has 3 fully saturated rings. The van der Waals surface area contributed by atoms with E-state index < -0.39 is 17.1 Å². The van der Waals surface area contributed by atoms with Crippen LogP contribution in [0.3, 0.4) is 0 Å². The standard InChI is InChI=1S/C28H36N8O4/c1-27(11-17-10-18(12-27)14-28(2,29)13-17)26(39)35-8-6-34(7-9-35)25(38)23(37)19-15-30-22-21(19)20(40-3)16-31-24(22)36-5-4-32-33-36/h4-5,15-18,30H,6-14,29H2,1-3H3. The molecule has 12 nitrogen and oxygen atoms in total. The van der Waals surface area contributed by atoms with E-state index in [0.717, 1.165) is 32.1 Å². The number of hydrogen-bond acceptors (Lipinski definition) is 8. The van der Waals surface area contributed by atoms with Crippen molar-refractivity contribution in [2.75, 3.05) is 33.3 Å². The van der Waals surface area contributed by atoms with Crippen LogP contribution in [0, 0.1) is 17.3 Å². The van der Waals surface area contributed by atoms with Crippen LogP contribution in [0.4, 0.5) is 0 Å². The van der Waals surface area contributed by atoms with Gasteiger partial charge in [-0.2, -0.15) is 0 Å². The molecule has 1 aliphatic heterocycles. The molecule has 6 rings (SSSR count). The first kappa shape index (κ1) is 26.4. The van der Waals surface area contributed by atoms with Gasteiger partial charge in [0.15, 0.2) is 5.82 Å². The minimum absolute atomic E-state index is 0.139. The number of carbonyl (C=O) groups excluding carboxylic acids is 3. The van der Waals surface area contributed by atoms with Crippen molar-refractivity contribution in [2.45, 2.75) is 51.5 Å². The summed E-state index contributed by atoms with van der Waals surface area (Å²) in [6.45, 7) is 5.68. The minimum Gasteiger partial charge on any atom is -0.494 e. The number of hydrogen-bond donors (Lipinski definition) is 2. The molecule has 1 saturated heterocycles. The first-order valence-corrected chi connectivity index (χ1v) is 13.9. The third kappa shape index (κ3) is 4.53. The van der Waals surface area contributed by atoms with E-state index in [1.54, 1.807) is 6.20 Å². The summed E-state index contributed by atoms with van der Waals surface area (Å²) in [6.07, 6.45) is 11.0. The largest absolute Gasteiger partial charge is 0.494 e. The fourth-order valence-electron chi connectivity index (χ4n) is 7.57. The second kappa shape index (κ2) is 9.69. The van der Waals surface area contributed by atoms with Crippen LogP contribution in [-0.2, 0) is 9.59 Å². The third-order valence-electron chi connectivity index (χ3n) is 8.98. The molecule has 2 saturated carbocycles. The molecule has 2 aliphatic carbocycles. The highest BCUT2D eigenvalue weighted by atomic mass is 16.5. The summed E-state index contributed by atoms with van der Waals surface area (Å²) >= 11 is 0. The molecule has 2 atom stereocenters. The molecular formula is C28H36N8O4. The van der Waals surface area contributed by atoms with Gasteiger partial charge in [-0.1, -0.05) is 12.1 Å². The Kier molecular flexibility index (Phi) is 6.40. The Balaban J connectivity index is 1.15. The van der Waals surface area contributed by atoms with E-state index in [1.165, 1.54) is 35.3 Å². The number of aromatic amines is 1. The SMILES string of the molecule is COc1cnc(-n2ccnn2)c2[nH]cc(C(=O)C(=O)N3CCN(C(=O)C4(C)CC5CC(CC(C)(N)C5)C4)CC3)c12. The Morgan fingerprint density at radius 3 is 2.35 bits per heavy atom. The number of amides is 2. The average Bonchev–Trinajstić information content (AvgIpc) is 3.61. The van der Waals surface area contributed by atoms with Crippen molar-refractivity contribution in [2.24, 2.45) is 23.0 Å². The summed E-state index contributed by atoms with van der Waals surface area (Å²) in [5, 5.41) is 8.26. The topological polar surface area (TPSA) is 152 Å². The number of piperazine rings is 1. The van der Waals surface area contributed by atoms with Gasteiger partial charge in [-0.15, -0.1) is 5.10 Å². The maximum Gasteiger partial charge on any atom is 0.295 e. The summed E-state index contributed by atoms with van der Waals surface area (Å²) in [6, 6.07) is 0. The van der Waals surface area contributed by atoms with E-state index in [1.807, 2.05) is 4.90 Å². The van der Waals surface area contributed by atoms with Crippen molar-refractivity contribution in [1.29, 1.82) is 0 Å². The molecule has 12 heteroatoms. The summed E-state index contributed by atoms with van der Waals surface area (Å²) in [5.74, 6) is 0.675. The van der Waals surface area contributed by atoms with Gasteiger partial charge in [0.05, 0.1) is 42.2 Å². The number of carbonyl (C=O) groups is 3. The second-order valence-corrected chi connectivity index (χ2v) is 12.4. The van der Waals surface area contributed by atoms with E-state index in [2.05, 4.69) is 34.1 Å². The average molecular weight is 549 g/mol. The predicted octanol–water partition coefficient (Wildman–Crippen LogP) is 1.94. The Labute approximate surface area is 232 Å². The summed E-state index contributed by atoms with van der Waals surface area (Å²) in [4.78, 5) is 51.3. The Morgan fingerprint density at radius 1 is 1.05 bits per heavy atom. The van der Waals surface area contributed by atoms with Gasteiger partial charge in [0.2, 0.25) is 5.91 Å². The van der Waals surface area contributed by atoms with Crippen LogP contribution in [0.1, 0.15) is 56.3 Å². The van der Waals surface area contributed by atoms with E-state index in [4.69, 9.17) is 10.5 Å². The number of ether oxygens (including phenoxy) is 1. The molecule has 40 heavy (non-hydrogen) atoms. The number of methoxy groups -OCH3 is 1. The first-order chi connectivity index (χ1) is 19.1. The predicted molar refractivity (Wildman–Crippen MR) is 146 cm³/mol. The number of pyridine rings is 1. The normalized spacial score (nSPS) is 28.5. The Morgan fingerprint density at radius 2 is 1.73 bits per heavy atom. The fourth-order valence-corrected chi connectivity index (χ4v) is 7.57. The Bertz CT molecular complexity index is 1440. The van der Waals surface area contributed by atoms with Crippen molar-refractivity contribution in [3.05, 3.63) is 30.4 Å². The quantitative estimate of drug-likeness (QED) is 0.362. The van der Waals surface area contributed by atoms with Crippen LogP contribution in [0.15, 0.2) is 24.8 Å². The molecule has 2 unspecified atom stereocenters. The van der Waals surface area contributed by atoms with Crippen molar-refractivity contribution in [3.8, 4) is 11.6 Å². The molecule has 2 amide bonds. The van der Waals surface area contributed by atoms with Gasteiger partial charge in [-0.25, -0.2) is 9.67 Å². The number of rotatable bonds is 5. The van der Waals surface area contributed by atoms with Gasteiger partial charge in [0.1, 0.15) is 5.75 Å². The molecule has 0 aromatic carbocycles. The van der Waals surface area contributed by atoms with E-state index in [9.17, 15) is 14.4 Å². The molecule has 2 bridgehead atoms. The fraction of sp³-hybridized carbons (Fsp3) is 0.571. The molecule has 0 radical (unpaired) electrons. The van der Waals surface area contributed by atoms with Gasteiger partial charge in [-0.05, 0) is 50.9 Å². The Hall–Kier alpha value is -3.80. The highest BCUT2D eigenvalue weighted by molar-refractivity contribution is 6.45. The van der Waals surface area contributed by atoms with Gasteiger partial charge in [0, 0.05) is 43.3 Å². The van der Waals surface area contributed by atoms with Crippen molar-refractivity contribution >= 4 is 28.5 Å². The van der Waals surface area contributed by atoms with E-state index in [-0.39, 0.29) is 17.0 Å². The monoisotopic (exact) mass is 548 g/mol. The third-order valence-corrected chi connectivity index (χ3v) is 8.98. The lowest BCUT2D eigenvalue weighted by Gasteiger charge is -2.51. The van der Waals surface area contributed by atoms with Crippen molar-refractivity contribution in [3.63, 3.8) is 0 Å². The maximum absolute atomic E-state index is 13.7. The molecule has 3 aromatic heterocycles. The van der Waals surface area contributed by atoms with Crippen molar-refractivity contribution < 1.29 is 19.1 Å². The summed E-state index contributed by atoms with van der Waals surface area (Å²) in [5.41, 5.74) is 6.65. The number of nitrogens with one attached hydrogen (secondary N) is 1. The molecule has 3 N–H and O–H groups in total. The van der Waals surface area contributed by atoms with Crippen LogP contribution in [0.2, 0.25) is 0 Å². The van der Waals surface area contributed by atoms with Gasteiger partial charge in [0.25, 0.3) is 11.7 Å². The molecule has 4 heterocycles. The number of nitrogens with two attached hydrogens (primary N) is 1. The lowest BCUT2D eigenvalue weighted by molar-refractivity contribution is -0.150. The number of nitrogens with zero attached hydrogens (tertiary/aromatic N) is 6. The lowest BCUT2D eigenvalue weighted by Crippen LogP contribution is -2.57. The summed E-state index contributed by atoms with van der Waals surface area (Å²) in [7, 11) is 1.49. The zero-order valence-electron chi connectivity index (χ0n) is 23.2. The molecule has 212 valence electrons. The van der Waals surface area contributed by atoms with E-state index in [0.29, 0.717) is 60.5 Å². The first-order valence-electron chi connectivity index (χ1n) is 13.9. The number of Topliss-reactive ketones (excluding diaryl/α,β-unsaturated/α-hetero) is 1. The lowest BCUT2D eigenvalue weighted by atomic mass is 9.57. The number of fused-ring (bicyclic) bond motifs is 3. The summed E-state index contributed by atoms with van der Waals surface area (Å²) < 4.78 is 6.94. The van der Waals surface area contributed by atoms with E-state index >= 15 is 0 Å². The highest BCUT2D eigenvalue weighted by Gasteiger charge is 2.49. The van der Waals surface area contributed by atoms with Crippen molar-refractivity contribution in [1.82, 2.24) is 34.8 Å². The second-order valence-electron chi connectivity index (χ2n) is 12.4. The van der Waals surface area contributed by atoms with Gasteiger partial charge < -0.3 is 25.3 Å². The molecule has 3 aromatic rings. The van der Waals surface area contributed by atoms with Gasteiger partial charge >= 0.3 is 0 Å². The zero-order chi connectivity index (χ0) is 28.2. The van der Waals surface area contributed by atoms with Crippen LogP contribution in [-0.4, -0.2) is 91.2 Å². The van der Waals surface area contributed by atoms with Crippen LogP contribution in [0.5, 0.6) is 5.75 Å².